The summed E-state index contributed by atoms with van der Waals surface area (Å²) in [6.07, 6.45) is 3.05. The molecule has 1 aromatic carbocycles. The van der Waals surface area contributed by atoms with Crippen LogP contribution >= 0.6 is 15.9 Å². The predicted octanol–water partition coefficient (Wildman–Crippen LogP) is 2.84. The normalized spacial score (nSPS) is 20.6. The molecular formula is C13H17BrN2O. The molecule has 4 heteroatoms. The first-order chi connectivity index (χ1) is 8.16. The van der Waals surface area contributed by atoms with Crippen molar-refractivity contribution in [3.8, 4) is 0 Å². The lowest BCUT2D eigenvalue weighted by Gasteiger charge is -2.18. The van der Waals surface area contributed by atoms with Gasteiger partial charge in [0.05, 0.1) is 0 Å². The lowest BCUT2D eigenvalue weighted by Crippen LogP contribution is -2.37. The van der Waals surface area contributed by atoms with Crippen LogP contribution in [0.5, 0.6) is 0 Å². The van der Waals surface area contributed by atoms with Gasteiger partial charge < -0.3 is 10.6 Å². The molecule has 0 saturated carbocycles. The van der Waals surface area contributed by atoms with Gasteiger partial charge in [-0.1, -0.05) is 6.07 Å². The largest absolute Gasteiger partial charge is 0.373 e. The number of rotatable bonds is 2. The summed E-state index contributed by atoms with van der Waals surface area (Å²) in [6.45, 7) is 2.84. The van der Waals surface area contributed by atoms with Gasteiger partial charge in [-0.05, 0) is 59.8 Å². The first kappa shape index (κ1) is 12.4. The summed E-state index contributed by atoms with van der Waals surface area (Å²) in [5.41, 5.74) is 2.18. The summed E-state index contributed by atoms with van der Waals surface area (Å²) in [6, 6.07) is 5.99. The molecule has 0 radical (unpaired) electrons. The summed E-state index contributed by atoms with van der Waals surface area (Å²) in [7, 11) is 0. The topological polar surface area (TPSA) is 41.1 Å². The number of nitrogens with one attached hydrogen (secondary N) is 2. The Balaban J connectivity index is 2.13. The molecule has 1 atom stereocenters. The van der Waals surface area contributed by atoms with Crippen LogP contribution in [0.1, 0.15) is 24.8 Å². The molecule has 2 rings (SSSR count). The quantitative estimate of drug-likeness (QED) is 0.881. The first-order valence-corrected chi connectivity index (χ1v) is 6.76. The van der Waals surface area contributed by atoms with Crippen molar-refractivity contribution in [3.05, 3.63) is 28.2 Å². The summed E-state index contributed by atoms with van der Waals surface area (Å²) in [5, 5.41) is 6.25. The zero-order chi connectivity index (χ0) is 12.3. The highest BCUT2D eigenvalue weighted by atomic mass is 79.9. The molecule has 1 fully saturated rings. The van der Waals surface area contributed by atoms with E-state index >= 15 is 0 Å². The van der Waals surface area contributed by atoms with Crippen molar-refractivity contribution >= 4 is 27.5 Å². The smallest absolute Gasteiger partial charge is 0.242 e. The van der Waals surface area contributed by atoms with E-state index in [1.165, 1.54) is 5.56 Å². The van der Waals surface area contributed by atoms with Gasteiger partial charge in [0.2, 0.25) is 5.91 Å². The number of hydrogen-bond acceptors (Lipinski definition) is 2. The van der Waals surface area contributed by atoms with Gasteiger partial charge in [0.1, 0.15) is 6.04 Å². The molecule has 1 heterocycles. The summed E-state index contributed by atoms with van der Waals surface area (Å²) in [4.78, 5) is 11.8. The fourth-order valence-electron chi connectivity index (χ4n) is 2.01. The van der Waals surface area contributed by atoms with Crippen molar-refractivity contribution in [2.45, 2.75) is 32.2 Å². The van der Waals surface area contributed by atoms with Gasteiger partial charge in [-0.3, -0.25) is 4.79 Å². The van der Waals surface area contributed by atoms with Crippen molar-refractivity contribution in [1.82, 2.24) is 5.32 Å². The van der Waals surface area contributed by atoms with Gasteiger partial charge in [-0.15, -0.1) is 0 Å². The zero-order valence-electron chi connectivity index (χ0n) is 9.92. The third-order valence-corrected chi connectivity index (χ3v) is 3.68. The van der Waals surface area contributed by atoms with Crippen LogP contribution in [0.3, 0.4) is 0 Å². The Morgan fingerprint density at radius 3 is 3.06 bits per heavy atom. The van der Waals surface area contributed by atoms with Crippen LogP contribution in [0.15, 0.2) is 22.7 Å². The maximum absolute atomic E-state index is 11.8. The molecule has 1 aliphatic rings. The van der Waals surface area contributed by atoms with Crippen LogP contribution in [0.4, 0.5) is 5.69 Å². The molecule has 92 valence electrons. The van der Waals surface area contributed by atoms with Crippen LogP contribution in [0.2, 0.25) is 0 Å². The second-order valence-electron chi connectivity index (χ2n) is 4.47. The zero-order valence-corrected chi connectivity index (χ0v) is 11.5. The van der Waals surface area contributed by atoms with Crippen LogP contribution in [0, 0.1) is 6.92 Å². The van der Waals surface area contributed by atoms with Crippen molar-refractivity contribution in [3.63, 3.8) is 0 Å². The summed E-state index contributed by atoms with van der Waals surface area (Å²) >= 11 is 3.50. The van der Waals surface area contributed by atoms with E-state index in [9.17, 15) is 4.79 Å². The molecule has 1 aliphatic heterocycles. The number of amides is 1. The van der Waals surface area contributed by atoms with Crippen LogP contribution in [0.25, 0.3) is 0 Å². The van der Waals surface area contributed by atoms with E-state index in [2.05, 4.69) is 32.6 Å². The fraction of sp³-hybridized carbons (Fsp3) is 0.462. The van der Waals surface area contributed by atoms with Crippen molar-refractivity contribution in [2.24, 2.45) is 0 Å². The molecule has 1 amide bonds. The predicted molar refractivity (Wildman–Crippen MR) is 73.2 cm³/mol. The van der Waals surface area contributed by atoms with E-state index in [1.54, 1.807) is 0 Å². The van der Waals surface area contributed by atoms with E-state index in [-0.39, 0.29) is 11.9 Å². The Bertz CT molecular complexity index is 420. The molecule has 1 unspecified atom stereocenters. The Hall–Kier alpha value is -1.03. The average Bonchev–Trinajstić information content (AvgIpc) is 2.50. The summed E-state index contributed by atoms with van der Waals surface area (Å²) in [5.74, 6) is 0.107. The number of anilines is 1. The highest BCUT2D eigenvalue weighted by molar-refractivity contribution is 9.10. The maximum Gasteiger partial charge on any atom is 0.242 e. The monoisotopic (exact) mass is 296 g/mol. The first-order valence-electron chi connectivity index (χ1n) is 5.97. The Kier molecular flexibility index (Phi) is 4.05. The van der Waals surface area contributed by atoms with Gasteiger partial charge in [0.25, 0.3) is 0 Å². The Labute approximate surface area is 110 Å². The van der Waals surface area contributed by atoms with Crippen molar-refractivity contribution in [1.29, 1.82) is 0 Å². The van der Waals surface area contributed by atoms with Crippen LogP contribution in [-0.2, 0) is 4.79 Å². The lowest BCUT2D eigenvalue weighted by molar-refractivity contribution is -0.121. The number of aryl methyl sites for hydroxylation is 1. The molecule has 0 bridgehead atoms. The number of halogens is 1. The molecule has 3 nitrogen and oxygen atoms in total. The van der Waals surface area contributed by atoms with Gasteiger partial charge in [-0.2, -0.15) is 0 Å². The molecule has 0 aromatic heterocycles. The van der Waals surface area contributed by atoms with Crippen molar-refractivity contribution < 1.29 is 4.79 Å². The maximum atomic E-state index is 11.8. The van der Waals surface area contributed by atoms with Gasteiger partial charge in [0, 0.05) is 16.7 Å². The molecule has 17 heavy (non-hydrogen) atoms. The number of hydrogen-bond donors (Lipinski definition) is 2. The minimum Gasteiger partial charge on any atom is -0.373 e. The number of carbonyl (C=O) groups is 1. The number of carbonyl (C=O) groups excluding carboxylic acids is 1. The molecular weight excluding hydrogens is 280 g/mol. The van der Waals surface area contributed by atoms with Gasteiger partial charge in [-0.25, -0.2) is 0 Å². The van der Waals surface area contributed by atoms with E-state index in [0.717, 1.165) is 36.0 Å². The highest BCUT2D eigenvalue weighted by Crippen LogP contribution is 2.25. The lowest BCUT2D eigenvalue weighted by atomic mass is 10.1. The fourth-order valence-corrected chi connectivity index (χ4v) is 2.38. The third-order valence-electron chi connectivity index (χ3n) is 2.99. The van der Waals surface area contributed by atoms with E-state index < -0.39 is 0 Å². The SMILES string of the molecule is Cc1ccc(Br)c(NC2CCCCNC2=O)c1. The standard InChI is InChI=1S/C13H17BrN2O/c1-9-5-6-10(14)12(8-9)16-11-4-2-3-7-15-13(11)17/h5-6,8,11,16H,2-4,7H2,1H3,(H,15,17). The minimum atomic E-state index is -0.115. The van der Waals surface area contributed by atoms with E-state index in [1.807, 2.05) is 19.1 Å². The molecule has 0 aliphatic carbocycles. The molecule has 1 saturated heterocycles. The molecule has 2 N–H and O–H groups in total. The van der Waals surface area contributed by atoms with Crippen molar-refractivity contribution in [2.75, 3.05) is 11.9 Å². The van der Waals surface area contributed by atoms with Gasteiger partial charge >= 0.3 is 0 Å². The average molecular weight is 297 g/mol. The van der Waals surface area contributed by atoms with Crippen LogP contribution < -0.4 is 10.6 Å². The minimum absolute atomic E-state index is 0.107. The number of benzene rings is 1. The molecule has 1 aromatic rings. The third kappa shape index (κ3) is 3.22. The highest BCUT2D eigenvalue weighted by Gasteiger charge is 2.20. The second kappa shape index (κ2) is 5.54. The van der Waals surface area contributed by atoms with Crippen LogP contribution in [-0.4, -0.2) is 18.5 Å². The Morgan fingerprint density at radius 2 is 2.24 bits per heavy atom. The summed E-state index contributed by atoms with van der Waals surface area (Å²) < 4.78 is 1.00. The Morgan fingerprint density at radius 1 is 1.41 bits per heavy atom. The van der Waals surface area contributed by atoms with E-state index in [0.29, 0.717) is 0 Å². The van der Waals surface area contributed by atoms with Gasteiger partial charge in [0.15, 0.2) is 0 Å². The van der Waals surface area contributed by atoms with E-state index in [4.69, 9.17) is 0 Å². The molecule has 0 spiro atoms. The second-order valence-corrected chi connectivity index (χ2v) is 5.32.